The van der Waals surface area contributed by atoms with Crippen LogP contribution in [-0.4, -0.2) is 43.1 Å². The molecule has 0 aromatic heterocycles. The van der Waals surface area contributed by atoms with Gasteiger partial charge in [0.25, 0.3) is 0 Å². The van der Waals surface area contributed by atoms with Crippen LogP contribution in [0.1, 0.15) is 38.8 Å². The van der Waals surface area contributed by atoms with Crippen LogP contribution in [0.5, 0.6) is 0 Å². The summed E-state index contributed by atoms with van der Waals surface area (Å²) in [5.74, 6) is 0. The molecule has 0 aliphatic carbocycles. The zero-order chi connectivity index (χ0) is 16.8. The first-order chi connectivity index (χ1) is 10.9. The molecule has 0 saturated carbocycles. The van der Waals surface area contributed by atoms with Gasteiger partial charge in [-0.15, -0.1) is 0 Å². The first-order valence-corrected chi connectivity index (χ1v) is 14.5. The molecule has 0 atom stereocenters. The normalized spacial score (nSPS) is 12.3. The number of hydrogen-bond donors (Lipinski definition) is 0. The van der Waals surface area contributed by atoms with Crippen LogP contribution < -0.4 is 0 Å². The van der Waals surface area contributed by atoms with E-state index < -0.39 is 43.1 Å². The van der Waals surface area contributed by atoms with Crippen molar-refractivity contribution < 1.29 is 1.41 Å². The van der Waals surface area contributed by atoms with Crippen molar-refractivity contribution in [3.8, 4) is 0 Å². The second kappa shape index (κ2) is 8.91. The number of hydrogen-bond acceptors (Lipinski definition) is 1. The molecule has 0 bridgehead atoms. The summed E-state index contributed by atoms with van der Waals surface area (Å²) < 4.78 is 8.80. The molecule has 2 rings (SSSR count). The first-order valence-electron chi connectivity index (χ1n) is 8.14. The Morgan fingerprint density at radius 1 is 0.652 bits per heavy atom. The molecule has 0 saturated heterocycles. The Balaban J connectivity index is 1.76. The van der Waals surface area contributed by atoms with Crippen molar-refractivity contribution >= 4 is 43.1 Å². The van der Waals surface area contributed by atoms with E-state index in [0.717, 1.165) is 0 Å². The van der Waals surface area contributed by atoms with Crippen molar-refractivity contribution in [2.45, 2.75) is 47.4 Å². The zero-order valence-corrected chi connectivity index (χ0v) is 20.3. The first kappa shape index (κ1) is 19.3. The van der Waals surface area contributed by atoms with Gasteiger partial charge >= 0.3 is 164 Å². The van der Waals surface area contributed by atoms with Crippen molar-refractivity contribution in [3.05, 3.63) is 71.8 Å². The Morgan fingerprint density at radius 2 is 1.00 bits per heavy atom. The third-order valence-corrected chi connectivity index (χ3v) is 16.5. The van der Waals surface area contributed by atoms with E-state index in [0.29, 0.717) is 0 Å². The molecule has 0 heterocycles. The molecular weight excluding hydrogens is 494 g/mol. The zero-order valence-electron chi connectivity index (χ0n) is 14.6. The molecular formula is C20H26OSn2. The van der Waals surface area contributed by atoms with Crippen LogP contribution in [0.4, 0.5) is 0 Å². The molecule has 1 nitrogen and oxygen atoms in total. The van der Waals surface area contributed by atoms with E-state index in [4.69, 9.17) is 1.41 Å². The molecule has 2 aromatic rings. The minimum atomic E-state index is -0.701. The Hall–Kier alpha value is -0.00260. The fraction of sp³-hybridized carbons (Fsp3) is 0.400. The van der Waals surface area contributed by atoms with Crippen molar-refractivity contribution in [1.29, 1.82) is 0 Å². The molecule has 23 heavy (non-hydrogen) atoms. The van der Waals surface area contributed by atoms with Gasteiger partial charge in [0.1, 0.15) is 0 Å². The van der Waals surface area contributed by atoms with Crippen LogP contribution in [0, 0.1) is 0 Å². The van der Waals surface area contributed by atoms with Crippen molar-refractivity contribution in [2.24, 2.45) is 0 Å². The minimum absolute atomic E-state index is 0.266. The topological polar surface area (TPSA) is 9.23 Å². The van der Waals surface area contributed by atoms with Gasteiger partial charge in [0, 0.05) is 0 Å². The molecule has 2 aromatic carbocycles. The molecule has 0 aliphatic rings. The van der Waals surface area contributed by atoms with Crippen molar-refractivity contribution in [3.63, 3.8) is 0 Å². The summed E-state index contributed by atoms with van der Waals surface area (Å²) >= 11 is -1.40. The quantitative estimate of drug-likeness (QED) is 0.351. The van der Waals surface area contributed by atoms with Gasteiger partial charge in [-0.05, 0) is 0 Å². The third kappa shape index (κ3) is 6.09. The second-order valence-corrected chi connectivity index (χ2v) is 15.4. The summed E-state index contributed by atoms with van der Waals surface area (Å²) in [6.45, 7) is 9.41. The van der Waals surface area contributed by atoms with Gasteiger partial charge < -0.3 is 0 Å². The summed E-state index contributed by atoms with van der Waals surface area (Å²) in [7, 11) is 0. The van der Waals surface area contributed by atoms with Gasteiger partial charge in [-0.3, -0.25) is 0 Å². The summed E-state index contributed by atoms with van der Waals surface area (Å²) in [5.41, 5.74) is 3.42. The molecule has 3 heteroatoms. The molecule has 120 valence electrons. The summed E-state index contributed by atoms with van der Waals surface area (Å²) in [6, 6.07) is 21.7. The Kier molecular flexibility index (Phi) is 7.48. The fourth-order valence-corrected chi connectivity index (χ4v) is 11.1. The average Bonchev–Trinajstić information content (AvgIpc) is 2.56. The Bertz CT molecular complexity index is 526. The summed E-state index contributed by atoms with van der Waals surface area (Å²) in [5, 5.41) is 0. The predicted molar refractivity (Wildman–Crippen MR) is 101 cm³/mol. The molecule has 0 unspecified atom stereocenters. The van der Waals surface area contributed by atoms with Crippen molar-refractivity contribution in [1.82, 2.24) is 0 Å². The van der Waals surface area contributed by atoms with E-state index in [-0.39, 0.29) is 10.8 Å². The predicted octanol–water partition coefficient (Wildman–Crippen LogP) is 5.03. The molecule has 0 N–H and O–H groups in total. The Morgan fingerprint density at radius 3 is 1.35 bits per heavy atom. The summed E-state index contributed by atoms with van der Waals surface area (Å²) in [6.07, 6.45) is 0. The fourth-order valence-electron chi connectivity index (χ4n) is 2.47. The van der Waals surface area contributed by atoms with Crippen LogP contribution in [-0.2, 0) is 12.2 Å². The van der Waals surface area contributed by atoms with Crippen LogP contribution in [0.25, 0.3) is 0 Å². The maximum absolute atomic E-state index is 6.29. The van der Waals surface area contributed by atoms with Gasteiger partial charge in [-0.1, -0.05) is 0 Å². The monoisotopic (exact) mass is 522 g/mol. The molecule has 4 radical (unpaired) electrons. The van der Waals surface area contributed by atoms with Gasteiger partial charge in [-0.2, -0.15) is 0 Å². The Labute approximate surface area is 162 Å². The molecule has 0 spiro atoms. The third-order valence-electron chi connectivity index (χ3n) is 4.28. The van der Waals surface area contributed by atoms with E-state index >= 15 is 0 Å². The molecule has 0 fully saturated rings. The van der Waals surface area contributed by atoms with Crippen molar-refractivity contribution in [2.75, 3.05) is 0 Å². The van der Waals surface area contributed by atoms with Gasteiger partial charge in [0.15, 0.2) is 0 Å². The average molecular weight is 520 g/mol. The van der Waals surface area contributed by atoms with Gasteiger partial charge in [0.2, 0.25) is 0 Å². The van der Waals surface area contributed by atoms with E-state index in [1.807, 2.05) is 0 Å². The summed E-state index contributed by atoms with van der Waals surface area (Å²) in [4.78, 5) is 0. The van der Waals surface area contributed by atoms with E-state index in [1.165, 1.54) is 20.0 Å². The molecule has 0 amide bonds. The van der Waals surface area contributed by atoms with Crippen LogP contribution >= 0.6 is 0 Å². The SMILES string of the molecule is CC(C)([CH2][Sn][O][Sn][CH2]C(C)(C)c1ccccc1)c1ccccc1. The van der Waals surface area contributed by atoms with E-state index in [1.54, 1.807) is 0 Å². The van der Waals surface area contributed by atoms with Gasteiger partial charge in [0.05, 0.1) is 0 Å². The van der Waals surface area contributed by atoms with Crippen LogP contribution in [0.15, 0.2) is 60.7 Å². The number of rotatable bonds is 8. The second-order valence-electron chi connectivity index (χ2n) is 7.24. The number of benzene rings is 2. The van der Waals surface area contributed by atoms with E-state index in [9.17, 15) is 0 Å². The molecule has 0 aliphatic heterocycles. The van der Waals surface area contributed by atoms with Gasteiger partial charge in [-0.25, -0.2) is 0 Å². The van der Waals surface area contributed by atoms with Crippen LogP contribution in [0.2, 0.25) is 8.87 Å². The van der Waals surface area contributed by atoms with E-state index in [2.05, 4.69) is 88.4 Å². The van der Waals surface area contributed by atoms with Crippen LogP contribution in [0.3, 0.4) is 0 Å². The maximum atomic E-state index is 6.29. The standard InChI is InChI=1S/2C10H13.O.2Sn/c2*1-10(2,3)9-7-5-4-6-8-9;;;/h2*4-8H,1H2,2-3H3;;;.